The van der Waals surface area contributed by atoms with Gasteiger partial charge in [0.05, 0.1) is 5.69 Å². The number of hydrogen-bond donors (Lipinski definition) is 1. The lowest BCUT2D eigenvalue weighted by Gasteiger charge is -2.27. The lowest BCUT2D eigenvalue weighted by atomic mass is 9.77. The summed E-state index contributed by atoms with van der Waals surface area (Å²) in [6, 6.07) is 0. The van der Waals surface area contributed by atoms with Crippen LogP contribution < -0.4 is 5.73 Å². The van der Waals surface area contributed by atoms with Crippen molar-refractivity contribution < 1.29 is 0 Å². The summed E-state index contributed by atoms with van der Waals surface area (Å²) in [5.74, 6) is 1.03. The third kappa shape index (κ3) is 3.19. The standard InChI is InChI=1S/C20H29N3/c1-5-6-10-16-14(12-20(2,3)4)17-13-9-7-8-11-15(13)23-19(21)18(17)22-16/h7,9,14H,5-6,8,10-12H2,1-4H3,(H2,21,23). The second-order valence-electron chi connectivity index (χ2n) is 8.08. The van der Waals surface area contributed by atoms with Gasteiger partial charge in [0, 0.05) is 17.2 Å². The summed E-state index contributed by atoms with van der Waals surface area (Å²) in [5, 5.41) is 0. The first-order chi connectivity index (χ1) is 10.9. The molecule has 2 aliphatic rings. The van der Waals surface area contributed by atoms with E-state index < -0.39 is 0 Å². The maximum Gasteiger partial charge on any atom is 0.149 e. The second-order valence-corrected chi connectivity index (χ2v) is 8.08. The van der Waals surface area contributed by atoms with E-state index in [2.05, 4.69) is 44.8 Å². The van der Waals surface area contributed by atoms with Crippen LogP contribution >= 0.6 is 0 Å². The molecule has 1 unspecified atom stereocenters. The Labute approximate surface area is 140 Å². The molecule has 1 aliphatic carbocycles. The molecule has 0 spiro atoms. The highest BCUT2D eigenvalue weighted by molar-refractivity contribution is 6.01. The van der Waals surface area contributed by atoms with Crippen molar-refractivity contribution in [3.63, 3.8) is 0 Å². The second kappa shape index (κ2) is 6.10. The van der Waals surface area contributed by atoms with Crippen LogP contribution in [0.25, 0.3) is 6.08 Å². The van der Waals surface area contributed by atoms with Crippen molar-refractivity contribution in [3.05, 3.63) is 22.9 Å². The van der Waals surface area contributed by atoms with Crippen LogP contribution in [0.1, 0.15) is 82.5 Å². The molecule has 3 nitrogen and oxygen atoms in total. The quantitative estimate of drug-likeness (QED) is 0.807. The number of aromatic nitrogens is 1. The molecule has 1 aromatic rings. The molecule has 2 N–H and O–H groups in total. The first-order valence-electron chi connectivity index (χ1n) is 8.97. The van der Waals surface area contributed by atoms with Crippen molar-refractivity contribution >= 4 is 23.3 Å². The fraction of sp³-hybridized carbons (Fsp3) is 0.600. The molecule has 3 rings (SSSR count). The Kier molecular flexibility index (Phi) is 4.31. The van der Waals surface area contributed by atoms with E-state index in [1.165, 1.54) is 29.7 Å². The summed E-state index contributed by atoms with van der Waals surface area (Å²) in [5.41, 5.74) is 12.6. The number of nitrogen functional groups attached to an aromatic ring is 1. The summed E-state index contributed by atoms with van der Waals surface area (Å²) < 4.78 is 0. The number of allylic oxidation sites excluding steroid dienone is 1. The fourth-order valence-corrected chi connectivity index (χ4v) is 3.76. The van der Waals surface area contributed by atoms with E-state index in [0.717, 1.165) is 37.1 Å². The molecule has 0 fully saturated rings. The summed E-state index contributed by atoms with van der Waals surface area (Å²) in [7, 11) is 0. The number of fused-ring (bicyclic) bond motifs is 3. The Morgan fingerprint density at radius 1 is 1.30 bits per heavy atom. The van der Waals surface area contributed by atoms with E-state index >= 15 is 0 Å². The van der Waals surface area contributed by atoms with Gasteiger partial charge in [0.2, 0.25) is 0 Å². The topological polar surface area (TPSA) is 51.3 Å². The fourth-order valence-electron chi connectivity index (χ4n) is 3.76. The Morgan fingerprint density at radius 3 is 2.78 bits per heavy atom. The Hall–Kier alpha value is -1.64. The highest BCUT2D eigenvalue weighted by Crippen LogP contribution is 2.48. The van der Waals surface area contributed by atoms with Gasteiger partial charge in [-0.05, 0) is 43.1 Å². The maximum absolute atomic E-state index is 6.27. The first kappa shape index (κ1) is 16.2. The van der Waals surface area contributed by atoms with Crippen molar-refractivity contribution in [2.45, 2.75) is 72.1 Å². The summed E-state index contributed by atoms with van der Waals surface area (Å²) >= 11 is 0. The van der Waals surface area contributed by atoms with Gasteiger partial charge in [-0.25, -0.2) is 4.98 Å². The van der Waals surface area contributed by atoms with Gasteiger partial charge in [0.15, 0.2) is 0 Å². The smallest absolute Gasteiger partial charge is 0.149 e. The van der Waals surface area contributed by atoms with Crippen molar-refractivity contribution in [3.8, 4) is 0 Å². The van der Waals surface area contributed by atoms with Crippen LogP contribution in [-0.4, -0.2) is 10.7 Å². The Bertz CT molecular complexity index is 662. The SMILES string of the molecule is CCCCC1=Nc2c(N)nc3c(c2C1CC(C)(C)C)C=CCC3. The number of nitrogens with zero attached hydrogens (tertiary/aromatic N) is 2. The minimum Gasteiger partial charge on any atom is -0.382 e. The van der Waals surface area contributed by atoms with Gasteiger partial charge in [-0.2, -0.15) is 0 Å². The van der Waals surface area contributed by atoms with Crippen LogP contribution in [-0.2, 0) is 6.42 Å². The molecule has 1 aliphatic heterocycles. The number of rotatable bonds is 4. The molecule has 0 amide bonds. The predicted octanol–water partition coefficient (Wildman–Crippen LogP) is 5.42. The van der Waals surface area contributed by atoms with Crippen LogP contribution in [0.5, 0.6) is 0 Å². The zero-order chi connectivity index (χ0) is 16.6. The molecule has 2 heterocycles. The minimum atomic E-state index is 0.266. The number of anilines is 1. The number of unbranched alkanes of at least 4 members (excludes halogenated alkanes) is 1. The molecule has 124 valence electrons. The van der Waals surface area contributed by atoms with E-state index in [9.17, 15) is 0 Å². The highest BCUT2D eigenvalue weighted by Gasteiger charge is 2.35. The number of aliphatic imine (C=N–C) groups is 1. The van der Waals surface area contributed by atoms with Crippen LogP contribution in [0.3, 0.4) is 0 Å². The molecule has 0 radical (unpaired) electrons. The molecular weight excluding hydrogens is 282 g/mol. The normalized spacial score (nSPS) is 19.5. The van der Waals surface area contributed by atoms with Crippen LogP contribution in [0, 0.1) is 5.41 Å². The van der Waals surface area contributed by atoms with Crippen molar-refractivity contribution in [2.24, 2.45) is 10.4 Å². The molecule has 3 heteroatoms. The molecular formula is C20H29N3. The van der Waals surface area contributed by atoms with Gasteiger partial charge < -0.3 is 5.73 Å². The average molecular weight is 311 g/mol. The lowest BCUT2D eigenvalue weighted by Crippen LogP contribution is -2.19. The minimum absolute atomic E-state index is 0.266. The highest BCUT2D eigenvalue weighted by atomic mass is 14.9. The molecule has 0 saturated carbocycles. The van der Waals surface area contributed by atoms with Crippen LogP contribution in [0.15, 0.2) is 11.1 Å². The first-order valence-corrected chi connectivity index (χ1v) is 8.97. The molecule has 0 bridgehead atoms. The van der Waals surface area contributed by atoms with Gasteiger partial charge >= 0.3 is 0 Å². The summed E-state index contributed by atoms with van der Waals surface area (Å²) in [6.07, 6.45) is 11.1. The van der Waals surface area contributed by atoms with E-state index in [1.54, 1.807) is 0 Å². The number of pyridine rings is 1. The number of hydrogen-bond acceptors (Lipinski definition) is 3. The zero-order valence-electron chi connectivity index (χ0n) is 14.9. The Morgan fingerprint density at radius 2 is 2.09 bits per heavy atom. The van der Waals surface area contributed by atoms with Gasteiger partial charge in [-0.3, -0.25) is 4.99 Å². The third-order valence-electron chi connectivity index (χ3n) is 4.80. The van der Waals surface area contributed by atoms with E-state index in [0.29, 0.717) is 11.7 Å². The van der Waals surface area contributed by atoms with Crippen molar-refractivity contribution in [2.75, 3.05) is 5.73 Å². The van der Waals surface area contributed by atoms with E-state index in [-0.39, 0.29) is 5.41 Å². The summed E-state index contributed by atoms with van der Waals surface area (Å²) in [6.45, 7) is 9.18. The lowest BCUT2D eigenvalue weighted by molar-refractivity contribution is 0.367. The largest absolute Gasteiger partial charge is 0.382 e. The molecule has 1 aromatic heterocycles. The average Bonchev–Trinajstić information content (AvgIpc) is 2.83. The molecule has 1 atom stereocenters. The maximum atomic E-state index is 6.27. The summed E-state index contributed by atoms with van der Waals surface area (Å²) in [4.78, 5) is 9.61. The molecule has 0 aromatic carbocycles. The van der Waals surface area contributed by atoms with Gasteiger partial charge in [-0.1, -0.05) is 46.3 Å². The monoisotopic (exact) mass is 311 g/mol. The number of nitrogens with two attached hydrogens (primary N) is 1. The van der Waals surface area contributed by atoms with Gasteiger partial charge in [0.25, 0.3) is 0 Å². The van der Waals surface area contributed by atoms with Crippen molar-refractivity contribution in [1.29, 1.82) is 0 Å². The molecule has 23 heavy (non-hydrogen) atoms. The Balaban J connectivity index is 2.09. The van der Waals surface area contributed by atoms with Crippen LogP contribution in [0.2, 0.25) is 0 Å². The third-order valence-corrected chi connectivity index (χ3v) is 4.80. The molecule has 0 saturated heterocycles. The van der Waals surface area contributed by atoms with Crippen LogP contribution in [0.4, 0.5) is 11.5 Å². The zero-order valence-corrected chi connectivity index (χ0v) is 14.9. The predicted molar refractivity (Wildman–Crippen MR) is 99.4 cm³/mol. The van der Waals surface area contributed by atoms with Gasteiger partial charge in [0.1, 0.15) is 11.5 Å². The number of aryl methyl sites for hydroxylation is 1. The van der Waals surface area contributed by atoms with E-state index in [4.69, 9.17) is 10.7 Å². The van der Waals surface area contributed by atoms with Gasteiger partial charge in [-0.15, -0.1) is 0 Å². The van der Waals surface area contributed by atoms with Crippen molar-refractivity contribution in [1.82, 2.24) is 4.98 Å². The van der Waals surface area contributed by atoms with E-state index in [1.807, 2.05) is 0 Å².